The van der Waals surface area contributed by atoms with Crippen molar-refractivity contribution in [1.82, 2.24) is 24.8 Å². The third-order valence-corrected chi connectivity index (χ3v) is 5.29. The van der Waals surface area contributed by atoms with Gasteiger partial charge in [-0.1, -0.05) is 31.1 Å². The van der Waals surface area contributed by atoms with Gasteiger partial charge in [0.1, 0.15) is 5.82 Å². The molecule has 4 rings (SSSR count). The fourth-order valence-electron chi connectivity index (χ4n) is 3.59. The minimum Gasteiger partial charge on any atom is -0.338 e. The highest BCUT2D eigenvalue weighted by molar-refractivity contribution is 6.03. The van der Waals surface area contributed by atoms with Gasteiger partial charge in [-0.15, -0.1) is 0 Å². The monoisotopic (exact) mass is 394 g/mol. The summed E-state index contributed by atoms with van der Waals surface area (Å²) in [6.07, 6.45) is 3.78. The molecule has 0 bridgehead atoms. The van der Waals surface area contributed by atoms with Crippen LogP contribution in [0.4, 0.5) is 5.82 Å². The average molecular weight is 394 g/mol. The molecule has 2 aromatic heterocycles. The van der Waals surface area contributed by atoms with Crippen LogP contribution in [0.3, 0.4) is 0 Å². The van der Waals surface area contributed by atoms with E-state index in [0.717, 1.165) is 37.3 Å². The second-order valence-electron chi connectivity index (χ2n) is 7.77. The van der Waals surface area contributed by atoms with E-state index in [1.54, 1.807) is 24.0 Å². The lowest BCUT2D eigenvalue weighted by Gasteiger charge is -2.21. The first-order chi connectivity index (χ1) is 14.0. The summed E-state index contributed by atoms with van der Waals surface area (Å²) in [6.45, 7) is 5.90. The van der Waals surface area contributed by atoms with E-state index in [0.29, 0.717) is 17.3 Å². The summed E-state index contributed by atoms with van der Waals surface area (Å²) in [5.41, 5.74) is 1.77. The van der Waals surface area contributed by atoms with Crippen molar-refractivity contribution in [3.8, 4) is 0 Å². The van der Waals surface area contributed by atoms with Crippen molar-refractivity contribution in [2.75, 3.05) is 11.9 Å². The molecular weight excluding hydrogens is 368 g/mol. The number of carbonyl (C=O) groups excluding carboxylic acids is 1. The summed E-state index contributed by atoms with van der Waals surface area (Å²) in [7, 11) is 1.79. The lowest BCUT2D eigenvalue weighted by molar-refractivity contribution is 0.102. The maximum absolute atomic E-state index is 12.4. The van der Waals surface area contributed by atoms with Gasteiger partial charge in [-0.25, -0.2) is 0 Å². The maximum Gasteiger partial charge on any atom is 0.256 e. The van der Waals surface area contributed by atoms with E-state index in [4.69, 9.17) is 4.52 Å². The van der Waals surface area contributed by atoms with E-state index in [2.05, 4.69) is 39.3 Å². The van der Waals surface area contributed by atoms with Gasteiger partial charge in [0.05, 0.1) is 12.2 Å². The van der Waals surface area contributed by atoms with Gasteiger partial charge in [0.15, 0.2) is 5.82 Å². The number of amides is 1. The van der Waals surface area contributed by atoms with Gasteiger partial charge >= 0.3 is 0 Å². The highest BCUT2D eigenvalue weighted by Gasteiger charge is 2.31. The SMILES string of the molecule is CC(C)c1noc(C2CCCN2Cc2ccc(C(=O)Nc3ccnn3C)cc2)n1. The molecular formula is C21H26N6O2. The Balaban J connectivity index is 1.41. The van der Waals surface area contributed by atoms with Gasteiger partial charge in [0, 0.05) is 31.1 Å². The molecule has 1 aromatic carbocycles. The zero-order valence-electron chi connectivity index (χ0n) is 17.0. The normalized spacial score (nSPS) is 17.2. The van der Waals surface area contributed by atoms with E-state index < -0.39 is 0 Å². The molecule has 1 N–H and O–H groups in total. The van der Waals surface area contributed by atoms with Gasteiger partial charge in [-0.05, 0) is 37.1 Å². The first-order valence-corrected chi connectivity index (χ1v) is 9.97. The zero-order valence-corrected chi connectivity index (χ0v) is 17.0. The molecule has 0 spiro atoms. The van der Waals surface area contributed by atoms with Crippen molar-refractivity contribution in [3.63, 3.8) is 0 Å². The van der Waals surface area contributed by atoms with Crippen molar-refractivity contribution in [2.45, 2.75) is 45.2 Å². The summed E-state index contributed by atoms with van der Waals surface area (Å²) in [5.74, 6) is 2.24. The fraction of sp³-hybridized carbons (Fsp3) is 0.429. The third-order valence-electron chi connectivity index (χ3n) is 5.29. The number of likely N-dealkylation sites (tertiary alicyclic amines) is 1. The average Bonchev–Trinajstić information content (AvgIpc) is 3.44. The number of aromatic nitrogens is 4. The van der Waals surface area contributed by atoms with Crippen LogP contribution in [-0.4, -0.2) is 37.3 Å². The molecule has 3 aromatic rings. The van der Waals surface area contributed by atoms with Crippen LogP contribution >= 0.6 is 0 Å². The largest absolute Gasteiger partial charge is 0.338 e. The number of benzene rings is 1. The Morgan fingerprint density at radius 1 is 1.28 bits per heavy atom. The first-order valence-electron chi connectivity index (χ1n) is 9.97. The van der Waals surface area contributed by atoms with Crippen LogP contribution in [0, 0.1) is 0 Å². The molecule has 1 aliphatic heterocycles. The van der Waals surface area contributed by atoms with Gasteiger partial charge in [0.2, 0.25) is 5.89 Å². The van der Waals surface area contributed by atoms with E-state index in [1.807, 2.05) is 24.3 Å². The van der Waals surface area contributed by atoms with Crippen LogP contribution in [0.1, 0.15) is 66.3 Å². The summed E-state index contributed by atoms with van der Waals surface area (Å²) >= 11 is 0. The van der Waals surface area contributed by atoms with Crippen LogP contribution in [0.2, 0.25) is 0 Å². The third kappa shape index (κ3) is 4.22. The summed E-state index contributed by atoms with van der Waals surface area (Å²) in [4.78, 5) is 19.4. The smallest absolute Gasteiger partial charge is 0.256 e. The van der Waals surface area contributed by atoms with Gasteiger partial charge < -0.3 is 9.84 Å². The first kappa shape index (κ1) is 19.3. The van der Waals surface area contributed by atoms with Crippen molar-refractivity contribution >= 4 is 11.7 Å². The fourth-order valence-corrected chi connectivity index (χ4v) is 3.59. The second-order valence-corrected chi connectivity index (χ2v) is 7.77. The van der Waals surface area contributed by atoms with Crippen LogP contribution in [0.15, 0.2) is 41.1 Å². The number of nitrogens with zero attached hydrogens (tertiary/aromatic N) is 5. The van der Waals surface area contributed by atoms with Gasteiger partial charge in [-0.2, -0.15) is 10.1 Å². The van der Waals surface area contributed by atoms with Crippen molar-refractivity contribution < 1.29 is 9.32 Å². The number of anilines is 1. The molecule has 1 amide bonds. The lowest BCUT2D eigenvalue weighted by Crippen LogP contribution is -2.23. The number of nitrogens with one attached hydrogen (secondary N) is 1. The molecule has 0 radical (unpaired) electrons. The standard InChI is InChI=1S/C21H26N6O2/c1-14(2)19-24-21(29-25-19)17-5-4-12-27(17)13-15-6-8-16(9-7-15)20(28)23-18-10-11-22-26(18)3/h6-11,14,17H,4-5,12-13H2,1-3H3,(H,23,28). The molecule has 0 aliphatic carbocycles. The Morgan fingerprint density at radius 3 is 2.72 bits per heavy atom. The molecule has 0 saturated carbocycles. The molecule has 1 atom stereocenters. The second kappa shape index (κ2) is 8.16. The highest BCUT2D eigenvalue weighted by Crippen LogP contribution is 2.32. The molecule has 8 nitrogen and oxygen atoms in total. The maximum atomic E-state index is 12.4. The zero-order chi connectivity index (χ0) is 20.4. The Morgan fingerprint density at radius 2 is 2.07 bits per heavy atom. The number of hydrogen-bond acceptors (Lipinski definition) is 6. The van der Waals surface area contributed by atoms with Gasteiger partial charge in [-0.3, -0.25) is 14.4 Å². The molecule has 1 unspecified atom stereocenters. The molecule has 1 saturated heterocycles. The number of aryl methyl sites for hydroxylation is 1. The Labute approximate surface area is 169 Å². The number of carbonyl (C=O) groups is 1. The number of rotatable bonds is 6. The Hall–Kier alpha value is -3.00. The van der Waals surface area contributed by atoms with Crippen LogP contribution in [0.25, 0.3) is 0 Å². The van der Waals surface area contributed by atoms with E-state index >= 15 is 0 Å². The molecule has 8 heteroatoms. The van der Waals surface area contributed by atoms with Crippen LogP contribution < -0.4 is 5.32 Å². The predicted molar refractivity (Wildman–Crippen MR) is 108 cm³/mol. The van der Waals surface area contributed by atoms with Crippen LogP contribution in [0.5, 0.6) is 0 Å². The van der Waals surface area contributed by atoms with Crippen molar-refractivity contribution in [2.24, 2.45) is 7.05 Å². The molecule has 152 valence electrons. The Kier molecular flexibility index (Phi) is 5.44. The van der Waals surface area contributed by atoms with Crippen molar-refractivity contribution in [1.29, 1.82) is 0 Å². The topological polar surface area (TPSA) is 89.1 Å². The molecule has 29 heavy (non-hydrogen) atoms. The Bertz CT molecular complexity index is 975. The van der Waals surface area contributed by atoms with E-state index in [-0.39, 0.29) is 17.9 Å². The lowest BCUT2D eigenvalue weighted by atomic mass is 10.1. The molecule has 1 aliphatic rings. The summed E-state index contributed by atoms with van der Waals surface area (Å²) in [5, 5.41) is 11.0. The summed E-state index contributed by atoms with van der Waals surface area (Å²) in [6, 6.07) is 9.64. The van der Waals surface area contributed by atoms with E-state index in [1.165, 1.54) is 0 Å². The van der Waals surface area contributed by atoms with Crippen LogP contribution in [-0.2, 0) is 13.6 Å². The minimum atomic E-state index is -0.147. The quantitative estimate of drug-likeness (QED) is 0.688. The molecule has 1 fully saturated rings. The highest BCUT2D eigenvalue weighted by atomic mass is 16.5. The molecule has 3 heterocycles. The predicted octanol–water partition coefficient (Wildman–Crippen LogP) is 3.52. The van der Waals surface area contributed by atoms with Gasteiger partial charge in [0.25, 0.3) is 5.91 Å². The van der Waals surface area contributed by atoms with Crippen molar-refractivity contribution in [3.05, 3.63) is 59.4 Å². The van der Waals surface area contributed by atoms with E-state index in [9.17, 15) is 4.79 Å². The number of hydrogen-bond donors (Lipinski definition) is 1. The minimum absolute atomic E-state index is 0.147. The summed E-state index contributed by atoms with van der Waals surface area (Å²) < 4.78 is 7.15.